The minimum atomic E-state index is -0.201. The molecule has 0 fully saturated rings. The first-order chi connectivity index (χ1) is 13.1. The summed E-state index contributed by atoms with van der Waals surface area (Å²) in [5, 5.41) is 9.97. The van der Waals surface area contributed by atoms with Crippen LogP contribution in [-0.4, -0.2) is 17.1 Å². The summed E-state index contributed by atoms with van der Waals surface area (Å²) in [5.74, 6) is -0.201. The number of nitriles is 1. The Balaban J connectivity index is 2.03. The fourth-order valence-electron chi connectivity index (χ4n) is 2.63. The molecule has 0 saturated carbocycles. The van der Waals surface area contributed by atoms with Crippen LogP contribution in [0, 0.1) is 18.3 Å². The zero-order valence-electron chi connectivity index (χ0n) is 15.0. The molecule has 0 bridgehead atoms. The van der Waals surface area contributed by atoms with Gasteiger partial charge in [0.2, 0.25) is 0 Å². The van der Waals surface area contributed by atoms with Crippen LogP contribution in [0.3, 0.4) is 0 Å². The number of carbonyl (C=O) groups excluding carboxylic acids is 1. The summed E-state index contributed by atoms with van der Waals surface area (Å²) >= 11 is 2.72. The van der Waals surface area contributed by atoms with Crippen LogP contribution in [-0.2, 0) is 6.54 Å². The molecule has 136 valence electrons. The van der Waals surface area contributed by atoms with Gasteiger partial charge in [-0.05, 0) is 30.7 Å². The van der Waals surface area contributed by atoms with E-state index in [1.54, 1.807) is 12.3 Å². The molecule has 0 unspecified atom stereocenters. The van der Waals surface area contributed by atoms with Crippen molar-refractivity contribution in [2.45, 2.75) is 13.5 Å². The van der Waals surface area contributed by atoms with E-state index >= 15 is 0 Å². The van der Waals surface area contributed by atoms with Crippen LogP contribution in [0.25, 0.3) is 0 Å². The van der Waals surface area contributed by atoms with E-state index in [1.165, 1.54) is 23.3 Å². The number of hydrogen-bond acceptors (Lipinski definition) is 6. The molecule has 0 aliphatic carbocycles. The van der Waals surface area contributed by atoms with Gasteiger partial charge in [-0.25, -0.2) is 4.98 Å². The largest absolute Gasteiger partial charge is 0.313 e. The predicted octanol–water partition coefficient (Wildman–Crippen LogP) is 4.67. The summed E-state index contributed by atoms with van der Waals surface area (Å²) in [5.41, 5.74) is 2.99. The van der Waals surface area contributed by atoms with Crippen molar-refractivity contribution in [1.82, 2.24) is 9.71 Å². The summed E-state index contributed by atoms with van der Waals surface area (Å²) in [6.07, 6.45) is 1.80. The molecule has 1 aromatic heterocycles. The maximum absolute atomic E-state index is 12.2. The number of aryl methyl sites for hydroxylation is 1. The number of amides is 1. The predicted molar refractivity (Wildman–Crippen MR) is 111 cm³/mol. The standard InChI is InChI=1S/C20H18N4OS2/c1-14-18(19(25)23-26-2)22-20(27-14)24(13-15-7-4-3-5-8-15)17-10-6-9-16(11-17)12-21/h3-11H,13H2,1-2H3,(H,23,25). The summed E-state index contributed by atoms with van der Waals surface area (Å²) in [7, 11) is 0. The molecule has 5 nitrogen and oxygen atoms in total. The molecule has 3 rings (SSSR count). The van der Waals surface area contributed by atoms with Crippen molar-refractivity contribution in [1.29, 1.82) is 5.26 Å². The first-order valence-corrected chi connectivity index (χ1v) is 10.3. The highest BCUT2D eigenvalue weighted by Crippen LogP contribution is 2.33. The van der Waals surface area contributed by atoms with E-state index in [0.29, 0.717) is 17.8 Å². The Labute approximate surface area is 166 Å². The maximum atomic E-state index is 12.2. The van der Waals surface area contributed by atoms with Gasteiger partial charge in [0.25, 0.3) is 5.91 Å². The van der Waals surface area contributed by atoms with Crippen LogP contribution in [0.15, 0.2) is 54.6 Å². The van der Waals surface area contributed by atoms with Gasteiger partial charge in [-0.1, -0.05) is 48.3 Å². The fraction of sp³-hybridized carbons (Fsp3) is 0.150. The molecule has 1 N–H and O–H groups in total. The lowest BCUT2D eigenvalue weighted by molar-refractivity contribution is 0.0980. The highest BCUT2D eigenvalue weighted by atomic mass is 32.2. The van der Waals surface area contributed by atoms with E-state index < -0.39 is 0 Å². The van der Waals surface area contributed by atoms with Crippen molar-refractivity contribution < 1.29 is 4.79 Å². The third-order valence-corrected chi connectivity index (χ3v) is 5.28. The van der Waals surface area contributed by atoms with Gasteiger partial charge >= 0.3 is 0 Å². The highest BCUT2D eigenvalue weighted by Gasteiger charge is 2.20. The minimum absolute atomic E-state index is 0.201. The second kappa shape index (κ2) is 8.71. The zero-order valence-corrected chi connectivity index (χ0v) is 16.6. The first kappa shape index (κ1) is 19.0. The number of thiazole rings is 1. The molecule has 0 spiro atoms. The SMILES string of the molecule is CSNC(=O)c1nc(N(Cc2ccccc2)c2cccc(C#N)c2)sc1C. The Morgan fingerprint density at radius 3 is 2.74 bits per heavy atom. The van der Waals surface area contributed by atoms with E-state index in [0.717, 1.165) is 21.3 Å². The number of nitrogens with zero attached hydrogens (tertiary/aromatic N) is 3. The lowest BCUT2D eigenvalue weighted by atomic mass is 10.1. The number of nitrogens with one attached hydrogen (secondary N) is 1. The molecule has 3 aromatic rings. The van der Waals surface area contributed by atoms with Crippen molar-refractivity contribution in [2.75, 3.05) is 11.2 Å². The molecule has 0 aliphatic rings. The van der Waals surface area contributed by atoms with Crippen LogP contribution in [0.1, 0.15) is 26.5 Å². The number of rotatable bonds is 6. The van der Waals surface area contributed by atoms with Crippen LogP contribution in [0.4, 0.5) is 10.8 Å². The maximum Gasteiger partial charge on any atom is 0.280 e. The minimum Gasteiger partial charge on any atom is -0.313 e. The van der Waals surface area contributed by atoms with Crippen LogP contribution >= 0.6 is 23.3 Å². The Hall–Kier alpha value is -2.82. The first-order valence-electron chi connectivity index (χ1n) is 8.24. The lowest BCUT2D eigenvalue weighted by Crippen LogP contribution is -2.19. The molecule has 0 saturated heterocycles. The lowest BCUT2D eigenvalue weighted by Gasteiger charge is -2.22. The summed E-state index contributed by atoms with van der Waals surface area (Å²) in [6.45, 7) is 2.48. The summed E-state index contributed by atoms with van der Waals surface area (Å²) in [4.78, 5) is 19.7. The van der Waals surface area contributed by atoms with E-state index in [4.69, 9.17) is 0 Å². The van der Waals surface area contributed by atoms with Gasteiger partial charge < -0.3 is 4.90 Å². The number of anilines is 2. The molecular formula is C20H18N4OS2. The van der Waals surface area contributed by atoms with Gasteiger partial charge in [-0.3, -0.25) is 9.52 Å². The summed E-state index contributed by atoms with van der Waals surface area (Å²) in [6, 6.07) is 19.6. The molecule has 0 radical (unpaired) electrons. The molecule has 2 aromatic carbocycles. The molecule has 27 heavy (non-hydrogen) atoms. The zero-order chi connectivity index (χ0) is 19.2. The van der Waals surface area contributed by atoms with E-state index in [1.807, 2.05) is 60.4 Å². The van der Waals surface area contributed by atoms with E-state index in [2.05, 4.69) is 15.8 Å². The van der Waals surface area contributed by atoms with Crippen molar-refractivity contribution in [3.8, 4) is 6.07 Å². The van der Waals surface area contributed by atoms with Crippen LogP contribution < -0.4 is 9.62 Å². The molecular weight excluding hydrogens is 376 g/mol. The second-order valence-electron chi connectivity index (χ2n) is 5.77. The van der Waals surface area contributed by atoms with Crippen molar-refractivity contribution in [3.05, 3.63) is 76.3 Å². The molecule has 0 aliphatic heterocycles. The van der Waals surface area contributed by atoms with Crippen molar-refractivity contribution >= 4 is 40.0 Å². The Morgan fingerprint density at radius 1 is 1.26 bits per heavy atom. The Bertz CT molecular complexity index is 979. The fourth-order valence-corrected chi connectivity index (χ4v) is 3.84. The smallest absolute Gasteiger partial charge is 0.280 e. The van der Waals surface area contributed by atoms with E-state index in [-0.39, 0.29) is 5.91 Å². The van der Waals surface area contributed by atoms with Crippen molar-refractivity contribution in [2.24, 2.45) is 0 Å². The molecule has 1 heterocycles. The van der Waals surface area contributed by atoms with Gasteiger partial charge in [0.05, 0.1) is 18.2 Å². The van der Waals surface area contributed by atoms with Crippen LogP contribution in [0.5, 0.6) is 0 Å². The van der Waals surface area contributed by atoms with Gasteiger partial charge in [-0.2, -0.15) is 5.26 Å². The monoisotopic (exact) mass is 394 g/mol. The third kappa shape index (κ3) is 4.48. The van der Waals surface area contributed by atoms with E-state index in [9.17, 15) is 10.1 Å². The topological polar surface area (TPSA) is 69.0 Å². The number of benzene rings is 2. The van der Waals surface area contributed by atoms with Gasteiger partial charge in [0.15, 0.2) is 5.13 Å². The summed E-state index contributed by atoms with van der Waals surface area (Å²) < 4.78 is 2.72. The number of aromatic nitrogens is 1. The number of hydrogen-bond donors (Lipinski definition) is 1. The third-order valence-electron chi connectivity index (χ3n) is 3.90. The number of carbonyl (C=O) groups is 1. The second-order valence-corrected chi connectivity index (χ2v) is 7.56. The van der Waals surface area contributed by atoms with Gasteiger partial charge in [-0.15, -0.1) is 11.3 Å². The van der Waals surface area contributed by atoms with Crippen molar-refractivity contribution in [3.63, 3.8) is 0 Å². The Morgan fingerprint density at radius 2 is 2.04 bits per heavy atom. The van der Waals surface area contributed by atoms with Crippen LogP contribution in [0.2, 0.25) is 0 Å². The van der Waals surface area contributed by atoms with Gasteiger partial charge in [0.1, 0.15) is 5.69 Å². The average molecular weight is 395 g/mol. The normalized spacial score (nSPS) is 10.3. The quantitative estimate of drug-likeness (QED) is 0.615. The highest BCUT2D eigenvalue weighted by molar-refractivity contribution is 7.97. The molecule has 1 amide bonds. The van der Waals surface area contributed by atoms with Gasteiger partial charge in [0, 0.05) is 16.8 Å². The molecule has 7 heteroatoms. The Kier molecular flexibility index (Phi) is 6.12. The molecule has 0 atom stereocenters. The average Bonchev–Trinajstić information content (AvgIpc) is 3.08.